The largest absolute Gasteiger partial charge is 0.325 e. The molecule has 0 radical (unpaired) electrons. The smallest absolute Gasteiger partial charge is 0.239 e. The Kier molecular flexibility index (Phi) is 5.93. The molecule has 5 heteroatoms. The highest BCUT2D eigenvalue weighted by Crippen LogP contribution is 2.23. The number of anilines is 2. The fourth-order valence-electron chi connectivity index (χ4n) is 2.41. The first kappa shape index (κ1) is 19.4. The third kappa shape index (κ3) is 4.36. The summed E-state index contributed by atoms with van der Waals surface area (Å²) in [5, 5.41) is 5.58. The van der Waals surface area contributed by atoms with Crippen LogP contribution in [-0.4, -0.2) is 17.6 Å². The first-order chi connectivity index (χ1) is 12.3. The van der Waals surface area contributed by atoms with E-state index in [9.17, 15) is 14.4 Å². The van der Waals surface area contributed by atoms with Gasteiger partial charge in [-0.05, 0) is 63.1 Å². The van der Waals surface area contributed by atoms with Gasteiger partial charge >= 0.3 is 0 Å². The molecule has 0 aromatic heterocycles. The molecule has 0 heterocycles. The number of hydrogen-bond acceptors (Lipinski definition) is 3. The van der Waals surface area contributed by atoms with Gasteiger partial charge in [-0.25, -0.2) is 0 Å². The maximum absolute atomic E-state index is 12.7. The average molecular weight is 352 g/mol. The normalized spacial score (nSPS) is 10.9. The molecule has 0 aliphatic carbocycles. The van der Waals surface area contributed by atoms with Crippen molar-refractivity contribution in [3.8, 4) is 0 Å². The van der Waals surface area contributed by atoms with Gasteiger partial charge in [0.2, 0.25) is 11.8 Å². The van der Waals surface area contributed by atoms with Gasteiger partial charge < -0.3 is 10.6 Å². The van der Waals surface area contributed by atoms with Crippen LogP contribution in [0.15, 0.2) is 48.5 Å². The topological polar surface area (TPSA) is 75.3 Å². The van der Waals surface area contributed by atoms with Gasteiger partial charge in [0.25, 0.3) is 0 Å². The van der Waals surface area contributed by atoms with Crippen LogP contribution in [0, 0.1) is 5.41 Å². The van der Waals surface area contributed by atoms with Crippen LogP contribution in [0.25, 0.3) is 0 Å². The van der Waals surface area contributed by atoms with Crippen LogP contribution >= 0.6 is 0 Å². The number of amides is 2. The van der Waals surface area contributed by atoms with E-state index in [1.165, 1.54) is 6.92 Å². The van der Waals surface area contributed by atoms with Crippen molar-refractivity contribution in [1.82, 2.24) is 0 Å². The maximum atomic E-state index is 12.7. The van der Waals surface area contributed by atoms with Crippen LogP contribution < -0.4 is 10.6 Å². The number of benzene rings is 2. The zero-order valence-electron chi connectivity index (χ0n) is 15.6. The Morgan fingerprint density at radius 1 is 0.885 bits per heavy atom. The van der Waals surface area contributed by atoms with Crippen LogP contribution in [0.4, 0.5) is 11.4 Å². The zero-order valence-corrected chi connectivity index (χ0v) is 15.6. The highest BCUT2D eigenvalue weighted by molar-refractivity contribution is 6.14. The summed E-state index contributed by atoms with van der Waals surface area (Å²) in [5.41, 5.74) is 1.56. The molecule has 0 saturated heterocycles. The summed E-state index contributed by atoms with van der Waals surface area (Å²) in [5.74, 6) is -0.840. The van der Waals surface area contributed by atoms with Gasteiger partial charge in [0.1, 0.15) is 5.41 Å². The summed E-state index contributed by atoms with van der Waals surface area (Å²) >= 11 is 0. The molecule has 2 rings (SSSR count). The van der Waals surface area contributed by atoms with Crippen molar-refractivity contribution in [3.05, 3.63) is 59.7 Å². The summed E-state index contributed by atoms with van der Waals surface area (Å²) < 4.78 is 0. The molecule has 2 amide bonds. The van der Waals surface area contributed by atoms with Crippen molar-refractivity contribution in [2.75, 3.05) is 10.6 Å². The van der Waals surface area contributed by atoms with E-state index in [1.54, 1.807) is 38.1 Å². The lowest BCUT2D eigenvalue weighted by Gasteiger charge is -2.23. The molecule has 2 N–H and O–H groups in total. The van der Waals surface area contributed by atoms with Gasteiger partial charge in [0, 0.05) is 16.9 Å². The van der Waals surface area contributed by atoms with E-state index < -0.39 is 11.3 Å². The Bertz CT molecular complexity index is 823. The lowest BCUT2D eigenvalue weighted by atomic mass is 9.90. The minimum absolute atomic E-state index is 0.0443. The molecule has 0 aliphatic rings. The van der Waals surface area contributed by atoms with Crippen molar-refractivity contribution >= 4 is 29.0 Å². The SMILES string of the molecule is CCc1ccccc1NC(=O)C(C)(C)C(=O)Nc1ccc(C(C)=O)cc1. The van der Waals surface area contributed by atoms with E-state index in [2.05, 4.69) is 10.6 Å². The molecule has 2 aromatic carbocycles. The Balaban J connectivity index is 2.10. The molecule has 5 nitrogen and oxygen atoms in total. The highest BCUT2D eigenvalue weighted by atomic mass is 16.2. The summed E-state index contributed by atoms with van der Waals surface area (Å²) in [6, 6.07) is 14.1. The van der Waals surface area contributed by atoms with E-state index in [1.807, 2.05) is 31.2 Å². The van der Waals surface area contributed by atoms with Crippen molar-refractivity contribution in [2.45, 2.75) is 34.1 Å². The molecular weight excluding hydrogens is 328 g/mol. The predicted molar refractivity (Wildman–Crippen MR) is 103 cm³/mol. The van der Waals surface area contributed by atoms with Crippen molar-refractivity contribution in [1.29, 1.82) is 0 Å². The van der Waals surface area contributed by atoms with Crippen molar-refractivity contribution in [2.24, 2.45) is 5.41 Å². The summed E-state index contributed by atoms with van der Waals surface area (Å²) in [4.78, 5) is 36.6. The summed E-state index contributed by atoms with van der Waals surface area (Å²) in [6.45, 7) is 6.65. The molecule has 136 valence electrons. The molecule has 0 fully saturated rings. The quantitative estimate of drug-likeness (QED) is 0.608. The second-order valence-electron chi connectivity index (χ2n) is 6.68. The maximum Gasteiger partial charge on any atom is 0.239 e. The fraction of sp³-hybridized carbons (Fsp3) is 0.286. The standard InChI is InChI=1S/C21H24N2O3/c1-5-15-8-6-7-9-18(15)23-20(26)21(3,4)19(25)22-17-12-10-16(11-13-17)14(2)24/h6-13H,5H2,1-4H3,(H,22,25)(H,23,26). The third-order valence-corrected chi connectivity index (χ3v) is 4.33. The Morgan fingerprint density at radius 2 is 1.46 bits per heavy atom. The van der Waals surface area contributed by atoms with E-state index in [-0.39, 0.29) is 11.7 Å². The molecule has 0 unspecified atom stereocenters. The van der Waals surface area contributed by atoms with Gasteiger partial charge in [-0.2, -0.15) is 0 Å². The second kappa shape index (κ2) is 7.95. The number of hydrogen-bond donors (Lipinski definition) is 2. The fourth-order valence-corrected chi connectivity index (χ4v) is 2.41. The summed E-state index contributed by atoms with van der Waals surface area (Å²) in [6.07, 6.45) is 0.783. The molecule has 26 heavy (non-hydrogen) atoms. The zero-order chi connectivity index (χ0) is 19.3. The lowest BCUT2D eigenvalue weighted by Crippen LogP contribution is -2.41. The molecule has 0 saturated carbocycles. The van der Waals surface area contributed by atoms with Crippen molar-refractivity contribution < 1.29 is 14.4 Å². The number of Topliss-reactive ketones (excluding diaryl/α,β-unsaturated/α-hetero) is 1. The first-order valence-corrected chi connectivity index (χ1v) is 8.57. The third-order valence-electron chi connectivity index (χ3n) is 4.33. The minimum atomic E-state index is -1.26. The van der Waals surface area contributed by atoms with Crippen LogP contribution in [0.2, 0.25) is 0 Å². The Hall–Kier alpha value is -2.95. The number of carbonyl (C=O) groups excluding carboxylic acids is 3. The molecule has 0 spiro atoms. The number of rotatable bonds is 6. The van der Waals surface area contributed by atoms with Gasteiger partial charge in [0.05, 0.1) is 0 Å². The van der Waals surface area contributed by atoms with Gasteiger partial charge in [-0.1, -0.05) is 25.1 Å². The number of nitrogens with one attached hydrogen (secondary N) is 2. The average Bonchev–Trinajstić information content (AvgIpc) is 2.62. The molecule has 0 bridgehead atoms. The number of carbonyl (C=O) groups is 3. The van der Waals surface area contributed by atoms with E-state index in [0.717, 1.165) is 12.0 Å². The molecular formula is C21H24N2O3. The predicted octanol–water partition coefficient (Wildman–Crippen LogP) is 4.06. The van der Waals surface area contributed by atoms with Crippen LogP contribution in [0.1, 0.15) is 43.6 Å². The Morgan fingerprint density at radius 3 is 2.04 bits per heavy atom. The lowest BCUT2D eigenvalue weighted by molar-refractivity contribution is -0.135. The van der Waals surface area contributed by atoms with Gasteiger partial charge in [-0.3, -0.25) is 14.4 Å². The number of aryl methyl sites for hydroxylation is 1. The van der Waals surface area contributed by atoms with E-state index in [0.29, 0.717) is 16.9 Å². The van der Waals surface area contributed by atoms with Crippen LogP contribution in [0.3, 0.4) is 0 Å². The van der Waals surface area contributed by atoms with Crippen LogP contribution in [-0.2, 0) is 16.0 Å². The summed E-state index contributed by atoms with van der Waals surface area (Å²) in [7, 11) is 0. The molecule has 0 atom stereocenters. The number of para-hydroxylation sites is 1. The highest BCUT2D eigenvalue weighted by Gasteiger charge is 2.36. The minimum Gasteiger partial charge on any atom is -0.325 e. The van der Waals surface area contributed by atoms with Crippen molar-refractivity contribution in [3.63, 3.8) is 0 Å². The van der Waals surface area contributed by atoms with Gasteiger partial charge in [0.15, 0.2) is 5.78 Å². The second-order valence-corrected chi connectivity index (χ2v) is 6.68. The van der Waals surface area contributed by atoms with E-state index >= 15 is 0 Å². The molecule has 0 aliphatic heterocycles. The first-order valence-electron chi connectivity index (χ1n) is 8.57. The van der Waals surface area contributed by atoms with Crippen LogP contribution in [0.5, 0.6) is 0 Å². The number of ketones is 1. The Labute approximate surface area is 153 Å². The molecule has 2 aromatic rings. The monoisotopic (exact) mass is 352 g/mol. The van der Waals surface area contributed by atoms with Gasteiger partial charge in [-0.15, -0.1) is 0 Å². The van der Waals surface area contributed by atoms with E-state index in [4.69, 9.17) is 0 Å².